The van der Waals surface area contributed by atoms with E-state index in [0.717, 1.165) is 34.2 Å². The minimum atomic E-state index is -0.364. The number of imide groups is 1. The maximum atomic E-state index is 12.6. The molecular weight excluding hydrogens is 424 g/mol. The molecule has 0 spiro atoms. The van der Waals surface area contributed by atoms with Gasteiger partial charge in [0.15, 0.2) is 11.5 Å². The lowest BCUT2D eigenvalue weighted by atomic mass is 10.2. The van der Waals surface area contributed by atoms with Crippen molar-refractivity contribution in [3.05, 3.63) is 50.1 Å². The first-order valence-corrected chi connectivity index (χ1v) is 11.1. The molecule has 1 N–H and O–H groups in total. The molecule has 0 saturated carbocycles. The van der Waals surface area contributed by atoms with Crippen molar-refractivity contribution in [1.29, 1.82) is 0 Å². The number of hydrogen-bond acceptors (Lipinski definition) is 7. The second kappa shape index (κ2) is 8.53. The maximum Gasteiger partial charge on any atom is 0.293 e. The zero-order valence-electron chi connectivity index (χ0n) is 16.5. The van der Waals surface area contributed by atoms with Crippen molar-refractivity contribution in [2.24, 2.45) is 0 Å². The Morgan fingerprint density at radius 1 is 1.23 bits per heavy atom. The molecule has 9 heteroatoms. The highest BCUT2D eigenvalue weighted by Gasteiger charge is 2.34. The first-order chi connectivity index (χ1) is 14.5. The summed E-state index contributed by atoms with van der Waals surface area (Å²) in [6.07, 6.45) is 2.54. The molecule has 0 radical (unpaired) electrons. The van der Waals surface area contributed by atoms with Crippen LogP contribution in [0, 0.1) is 6.92 Å². The standard InChI is InChI=1S/C21H20N2O5S2/c1-3-16-12(2)8-17(29-16)19(24)22-6-7-23-20(25)18(30-21(23)26)10-13-4-5-14-15(9-13)28-11-27-14/h4-5,8-10H,3,6-7,11H2,1-2H3,(H,22,24)/b18-10-. The number of nitrogens with one attached hydrogen (secondary N) is 1. The van der Waals surface area contributed by atoms with E-state index in [1.54, 1.807) is 24.3 Å². The Morgan fingerprint density at radius 3 is 2.80 bits per heavy atom. The predicted molar refractivity (Wildman–Crippen MR) is 116 cm³/mol. The summed E-state index contributed by atoms with van der Waals surface area (Å²) in [5.41, 5.74) is 1.85. The Labute approximate surface area is 182 Å². The van der Waals surface area contributed by atoms with E-state index in [9.17, 15) is 14.4 Å². The van der Waals surface area contributed by atoms with Gasteiger partial charge in [0.2, 0.25) is 6.79 Å². The SMILES string of the molecule is CCc1sc(C(=O)NCCN2C(=O)S/C(=C\c3ccc4c(c3)OCO4)C2=O)cc1C. The number of aryl methyl sites for hydroxylation is 2. The van der Waals surface area contributed by atoms with Gasteiger partial charge in [-0.05, 0) is 60.5 Å². The lowest BCUT2D eigenvalue weighted by molar-refractivity contribution is -0.122. The summed E-state index contributed by atoms with van der Waals surface area (Å²) in [6.45, 7) is 4.54. The summed E-state index contributed by atoms with van der Waals surface area (Å²) in [6, 6.07) is 7.20. The molecule has 156 valence electrons. The summed E-state index contributed by atoms with van der Waals surface area (Å²) < 4.78 is 10.6. The molecule has 4 rings (SSSR count). The molecule has 7 nitrogen and oxygen atoms in total. The van der Waals surface area contributed by atoms with E-state index in [0.29, 0.717) is 21.3 Å². The van der Waals surface area contributed by atoms with Gasteiger partial charge in [-0.15, -0.1) is 11.3 Å². The third-order valence-electron chi connectivity index (χ3n) is 4.75. The fourth-order valence-electron chi connectivity index (χ4n) is 3.20. The number of benzene rings is 1. The van der Waals surface area contributed by atoms with Crippen molar-refractivity contribution in [3.63, 3.8) is 0 Å². The van der Waals surface area contributed by atoms with Gasteiger partial charge in [-0.2, -0.15) is 0 Å². The molecule has 2 aliphatic rings. The van der Waals surface area contributed by atoms with E-state index < -0.39 is 0 Å². The van der Waals surface area contributed by atoms with Crippen molar-refractivity contribution < 1.29 is 23.9 Å². The number of rotatable bonds is 6. The molecule has 3 amide bonds. The van der Waals surface area contributed by atoms with Gasteiger partial charge < -0.3 is 14.8 Å². The monoisotopic (exact) mass is 444 g/mol. The molecule has 0 unspecified atom stereocenters. The van der Waals surface area contributed by atoms with Crippen LogP contribution in [0.4, 0.5) is 4.79 Å². The first kappa shape index (κ1) is 20.5. The molecule has 30 heavy (non-hydrogen) atoms. The third kappa shape index (κ3) is 4.08. The van der Waals surface area contributed by atoms with E-state index >= 15 is 0 Å². The van der Waals surface area contributed by atoms with Crippen LogP contribution < -0.4 is 14.8 Å². The molecule has 3 heterocycles. The zero-order valence-corrected chi connectivity index (χ0v) is 18.2. The molecule has 0 bridgehead atoms. The van der Waals surface area contributed by atoms with Crippen molar-refractivity contribution in [2.45, 2.75) is 20.3 Å². The van der Waals surface area contributed by atoms with Crippen molar-refractivity contribution in [2.75, 3.05) is 19.9 Å². The Bertz CT molecular complexity index is 1060. The number of fused-ring (bicyclic) bond motifs is 1. The Hall–Kier alpha value is -2.78. The van der Waals surface area contributed by atoms with Crippen LogP contribution in [0.5, 0.6) is 11.5 Å². The lowest BCUT2D eigenvalue weighted by Crippen LogP contribution is -2.37. The number of carbonyl (C=O) groups is 3. The molecule has 0 atom stereocenters. The van der Waals surface area contributed by atoms with Crippen LogP contribution in [0.15, 0.2) is 29.2 Å². The van der Waals surface area contributed by atoms with Crippen LogP contribution in [0.3, 0.4) is 0 Å². The van der Waals surface area contributed by atoms with Crippen LogP contribution in [0.1, 0.15) is 32.6 Å². The summed E-state index contributed by atoms with van der Waals surface area (Å²) in [7, 11) is 0. The van der Waals surface area contributed by atoms with Gasteiger partial charge in [0.1, 0.15) is 0 Å². The van der Waals surface area contributed by atoms with Gasteiger partial charge in [-0.25, -0.2) is 0 Å². The third-order valence-corrected chi connectivity index (χ3v) is 7.04. The largest absolute Gasteiger partial charge is 0.454 e. The Kier molecular flexibility index (Phi) is 5.83. The quantitative estimate of drug-likeness (QED) is 0.682. The zero-order chi connectivity index (χ0) is 21.3. The van der Waals surface area contributed by atoms with Crippen molar-refractivity contribution in [1.82, 2.24) is 10.2 Å². The second-order valence-corrected chi connectivity index (χ2v) is 8.90. The summed E-state index contributed by atoms with van der Waals surface area (Å²) in [4.78, 5) is 40.6. The van der Waals surface area contributed by atoms with Crippen molar-refractivity contribution >= 4 is 46.2 Å². The lowest BCUT2D eigenvalue weighted by Gasteiger charge is -2.12. The highest BCUT2D eigenvalue weighted by molar-refractivity contribution is 8.18. The predicted octanol–water partition coefficient (Wildman–Crippen LogP) is 3.81. The maximum absolute atomic E-state index is 12.6. The normalized spacial score (nSPS) is 16.6. The number of hydrogen-bond donors (Lipinski definition) is 1. The van der Waals surface area contributed by atoms with Crippen molar-refractivity contribution in [3.8, 4) is 11.5 Å². The molecule has 1 saturated heterocycles. The minimum Gasteiger partial charge on any atom is -0.454 e. The topological polar surface area (TPSA) is 84.9 Å². The Morgan fingerprint density at radius 2 is 2.03 bits per heavy atom. The first-order valence-electron chi connectivity index (χ1n) is 9.48. The van der Waals surface area contributed by atoms with Gasteiger partial charge in [-0.3, -0.25) is 19.3 Å². The number of amides is 3. The molecule has 1 aromatic carbocycles. The molecule has 1 fully saturated rings. The highest BCUT2D eigenvalue weighted by atomic mass is 32.2. The second-order valence-electron chi connectivity index (χ2n) is 6.77. The van der Waals surface area contributed by atoms with Crippen LogP contribution in [-0.4, -0.2) is 41.8 Å². The molecule has 2 aromatic rings. The van der Waals surface area contributed by atoms with E-state index in [-0.39, 0.29) is 36.9 Å². The minimum absolute atomic E-state index is 0.125. The van der Waals surface area contributed by atoms with E-state index in [2.05, 4.69) is 12.2 Å². The molecule has 2 aliphatic heterocycles. The van der Waals surface area contributed by atoms with Gasteiger partial charge in [0.05, 0.1) is 9.78 Å². The number of ether oxygens (including phenoxy) is 2. The highest BCUT2D eigenvalue weighted by Crippen LogP contribution is 2.36. The van der Waals surface area contributed by atoms with Crippen LogP contribution in [-0.2, 0) is 11.2 Å². The van der Waals surface area contributed by atoms with Gasteiger partial charge >= 0.3 is 0 Å². The molecule has 1 aromatic heterocycles. The molecule has 0 aliphatic carbocycles. The van der Waals surface area contributed by atoms with E-state index in [1.165, 1.54) is 16.2 Å². The summed E-state index contributed by atoms with van der Waals surface area (Å²) >= 11 is 2.36. The average Bonchev–Trinajstić information content (AvgIpc) is 3.41. The average molecular weight is 445 g/mol. The fourth-order valence-corrected chi connectivity index (χ4v) is 5.09. The summed E-state index contributed by atoms with van der Waals surface area (Å²) in [5, 5.41) is 2.44. The number of nitrogens with zero attached hydrogens (tertiary/aromatic N) is 1. The number of thiophene rings is 1. The van der Waals surface area contributed by atoms with Crippen LogP contribution >= 0.6 is 23.1 Å². The fraction of sp³-hybridized carbons (Fsp3) is 0.286. The van der Waals surface area contributed by atoms with Crippen LogP contribution in [0.2, 0.25) is 0 Å². The Balaban J connectivity index is 1.36. The smallest absolute Gasteiger partial charge is 0.293 e. The van der Waals surface area contributed by atoms with Crippen LogP contribution in [0.25, 0.3) is 6.08 Å². The number of thioether (sulfide) groups is 1. The van der Waals surface area contributed by atoms with Gasteiger partial charge in [0.25, 0.3) is 17.1 Å². The molecular formula is C21H20N2O5S2. The van der Waals surface area contributed by atoms with Gasteiger partial charge in [0, 0.05) is 18.0 Å². The summed E-state index contributed by atoms with van der Waals surface area (Å²) in [5.74, 6) is 0.714. The van der Waals surface area contributed by atoms with Gasteiger partial charge in [-0.1, -0.05) is 13.0 Å². The van der Waals surface area contributed by atoms with E-state index in [1.807, 2.05) is 13.0 Å². The number of carbonyl (C=O) groups excluding carboxylic acids is 3. The van der Waals surface area contributed by atoms with E-state index in [4.69, 9.17) is 9.47 Å².